The second-order valence-corrected chi connectivity index (χ2v) is 11.0. The molecule has 0 amide bonds. The minimum Gasteiger partial charge on any atom is -0.478 e. The Labute approximate surface area is 238 Å². The van der Waals surface area contributed by atoms with Gasteiger partial charge in [0.25, 0.3) is 5.56 Å². The van der Waals surface area contributed by atoms with Gasteiger partial charge in [0, 0.05) is 16.5 Å². The Bertz CT molecular complexity index is 1840. The predicted molar refractivity (Wildman–Crippen MR) is 154 cm³/mol. The van der Waals surface area contributed by atoms with Gasteiger partial charge in [-0.15, -0.1) is 11.8 Å². The number of aromatic carboxylic acids is 1. The van der Waals surface area contributed by atoms with Gasteiger partial charge < -0.3 is 14.3 Å². The van der Waals surface area contributed by atoms with Crippen LogP contribution >= 0.6 is 23.1 Å². The van der Waals surface area contributed by atoms with E-state index in [0.717, 1.165) is 16.0 Å². The van der Waals surface area contributed by atoms with Gasteiger partial charge in [0.05, 0.1) is 34.0 Å². The average molecular weight is 575 g/mol. The Hall–Kier alpha value is -4.15. The Morgan fingerprint density at radius 2 is 1.90 bits per heavy atom. The number of ether oxygens (including phenoxy) is 1. The van der Waals surface area contributed by atoms with Crippen molar-refractivity contribution >= 4 is 41.1 Å². The van der Waals surface area contributed by atoms with Crippen LogP contribution in [0, 0.1) is 6.92 Å². The standard InChI is InChI=1S/C30H26N2O6S2/c1-5-37-29(36)25-17(3)31-30-32(26(25)18-8-11-21(39-4)12-9-18)27(33)24(40-30)15-20-10-13-23(38-20)22-14-19(28(34)35)7-6-16(22)2/h6-15,26H,5H2,1-4H3,(H,34,35)/b24-15-/t26-/m0/s1. The van der Waals surface area contributed by atoms with Crippen LogP contribution in [0.1, 0.15) is 47.1 Å². The van der Waals surface area contributed by atoms with E-state index in [2.05, 4.69) is 4.99 Å². The van der Waals surface area contributed by atoms with Crippen LogP contribution in [-0.2, 0) is 9.53 Å². The number of aryl methyl sites for hydroxylation is 1. The van der Waals surface area contributed by atoms with Crippen LogP contribution in [-0.4, -0.2) is 34.5 Å². The van der Waals surface area contributed by atoms with Crippen molar-refractivity contribution in [2.75, 3.05) is 12.9 Å². The second kappa shape index (κ2) is 11.1. The number of carboxylic acids is 1. The smallest absolute Gasteiger partial charge is 0.338 e. The van der Waals surface area contributed by atoms with Crippen molar-refractivity contribution in [1.29, 1.82) is 0 Å². The number of thiazole rings is 1. The van der Waals surface area contributed by atoms with Crippen LogP contribution in [0.3, 0.4) is 0 Å². The summed E-state index contributed by atoms with van der Waals surface area (Å²) in [6, 6.07) is 15.4. The topological polar surface area (TPSA) is 111 Å². The summed E-state index contributed by atoms with van der Waals surface area (Å²) in [5.41, 5.74) is 2.97. The number of rotatable bonds is 7. The van der Waals surface area contributed by atoms with Gasteiger partial charge in [0.15, 0.2) is 4.80 Å². The normalized spacial score (nSPS) is 15.1. The number of hydrogen-bond donors (Lipinski definition) is 1. The summed E-state index contributed by atoms with van der Waals surface area (Å²) in [7, 11) is 0. The number of carbonyl (C=O) groups excluding carboxylic acids is 1. The summed E-state index contributed by atoms with van der Waals surface area (Å²) in [5, 5.41) is 9.37. The number of hydrogen-bond acceptors (Lipinski definition) is 8. The summed E-state index contributed by atoms with van der Waals surface area (Å²) in [6.45, 7) is 5.56. The minimum atomic E-state index is -1.02. The first-order valence-electron chi connectivity index (χ1n) is 12.5. The van der Waals surface area contributed by atoms with Gasteiger partial charge >= 0.3 is 11.9 Å². The Kier molecular flexibility index (Phi) is 7.64. The Morgan fingerprint density at radius 3 is 2.58 bits per heavy atom. The predicted octanol–water partition coefficient (Wildman–Crippen LogP) is 4.79. The quantitative estimate of drug-likeness (QED) is 0.250. The van der Waals surface area contributed by atoms with Gasteiger partial charge in [-0.05, 0) is 74.6 Å². The average Bonchev–Trinajstić information content (AvgIpc) is 3.52. The summed E-state index contributed by atoms with van der Waals surface area (Å²) < 4.78 is 13.3. The number of carboxylic acid groups (broad SMARTS) is 1. The first-order chi connectivity index (χ1) is 19.2. The van der Waals surface area contributed by atoms with Crippen LogP contribution < -0.4 is 14.9 Å². The molecule has 1 aliphatic rings. The number of allylic oxidation sites excluding steroid dienone is 1. The van der Waals surface area contributed by atoms with E-state index in [-0.39, 0.29) is 17.7 Å². The maximum absolute atomic E-state index is 13.8. The molecule has 2 aromatic carbocycles. The van der Waals surface area contributed by atoms with E-state index in [4.69, 9.17) is 9.15 Å². The molecule has 0 fully saturated rings. The van der Waals surface area contributed by atoms with E-state index >= 15 is 0 Å². The second-order valence-electron chi connectivity index (χ2n) is 9.11. The number of fused-ring (bicyclic) bond motifs is 1. The van der Waals surface area contributed by atoms with Gasteiger partial charge in [-0.3, -0.25) is 9.36 Å². The highest BCUT2D eigenvalue weighted by atomic mass is 32.2. The van der Waals surface area contributed by atoms with Gasteiger partial charge in [0.2, 0.25) is 0 Å². The Balaban J connectivity index is 1.62. The highest BCUT2D eigenvalue weighted by Crippen LogP contribution is 2.32. The molecule has 204 valence electrons. The van der Waals surface area contributed by atoms with E-state index in [9.17, 15) is 19.5 Å². The highest BCUT2D eigenvalue weighted by Gasteiger charge is 2.33. The maximum atomic E-state index is 13.8. The molecule has 0 saturated carbocycles. The van der Waals surface area contributed by atoms with E-state index < -0.39 is 18.0 Å². The fourth-order valence-corrected chi connectivity index (χ4v) is 6.05. The highest BCUT2D eigenvalue weighted by molar-refractivity contribution is 7.98. The van der Waals surface area contributed by atoms with Crippen molar-refractivity contribution in [3.63, 3.8) is 0 Å². The number of aromatic nitrogens is 1. The van der Waals surface area contributed by atoms with E-state index in [1.165, 1.54) is 15.9 Å². The lowest BCUT2D eigenvalue weighted by Crippen LogP contribution is -2.39. The van der Waals surface area contributed by atoms with Gasteiger partial charge in [0.1, 0.15) is 11.5 Å². The van der Waals surface area contributed by atoms with Crippen LogP contribution in [0.25, 0.3) is 17.4 Å². The monoisotopic (exact) mass is 574 g/mol. The molecule has 0 unspecified atom stereocenters. The van der Waals surface area contributed by atoms with Crippen molar-refractivity contribution in [2.45, 2.75) is 31.7 Å². The number of carbonyl (C=O) groups is 2. The first-order valence-corrected chi connectivity index (χ1v) is 14.5. The van der Waals surface area contributed by atoms with E-state index in [0.29, 0.717) is 37.7 Å². The zero-order chi connectivity index (χ0) is 28.6. The number of benzene rings is 2. The van der Waals surface area contributed by atoms with Crippen molar-refractivity contribution < 1.29 is 23.8 Å². The molecule has 1 N–H and O–H groups in total. The zero-order valence-electron chi connectivity index (χ0n) is 22.3. The van der Waals surface area contributed by atoms with Crippen LogP contribution in [0.4, 0.5) is 0 Å². The lowest BCUT2D eigenvalue weighted by Gasteiger charge is -2.24. The van der Waals surface area contributed by atoms with Gasteiger partial charge in [-0.25, -0.2) is 14.6 Å². The number of furan rings is 1. The fraction of sp³-hybridized carbons (Fsp3) is 0.200. The van der Waals surface area contributed by atoms with Crippen molar-refractivity contribution in [3.8, 4) is 11.3 Å². The van der Waals surface area contributed by atoms with Gasteiger partial charge in [-0.1, -0.05) is 29.5 Å². The summed E-state index contributed by atoms with van der Waals surface area (Å²) in [6.07, 6.45) is 3.62. The largest absolute Gasteiger partial charge is 0.478 e. The SMILES string of the molecule is CCOC(=O)C1=C(C)N=c2s/c(=C\c3ccc(-c4cc(C(=O)O)ccc4C)o3)c(=O)n2[C@H]1c1ccc(SC)cc1. The molecular formula is C30H26N2O6S2. The third-order valence-corrected chi connectivity index (χ3v) is 8.33. The summed E-state index contributed by atoms with van der Waals surface area (Å²) >= 11 is 2.81. The fourth-order valence-electron chi connectivity index (χ4n) is 4.62. The number of thioether (sulfide) groups is 1. The lowest BCUT2D eigenvalue weighted by molar-refractivity contribution is -0.139. The third kappa shape index (κ3) is 5.07. The van der Waals surface area contributed by atoms with Crippen LogP contribution in [0.2, 0.25) is 0 Å². The molecule has 0 spiro atoms. The molecular weight excluding hydrogens is 548 g/mol. The molecule has 10 heteroatoms. The van der Waals surface area contributed by atoms with Crippen molar-refractivity contribution in [1.82, 2.24) is 4.57 Å². The van der Waals surface area contributed by atoms with E-state index in [1.807, 2.05) is 37.4 Å². The molecule has 0 bridgehead atoms. The third-order valence-electron chi connectivity index (χ3n) is 6.60. The first kappa shape index (κ1) is 27.4. The van der Waals surface area contributed by atoms with E-state index in [1.54, 1.807) is 62.0 Å². The number of nitrogens with zero attached hydrogens (tertiary/aromatic N) is 2. The van der Waals surface area contributed by atoms with Crippen molar-refractivity contribution in [3.05, 3.63) is 108 Å². The molecule has 1 atom stereocenters. The molecule has 4 aromatic rings. The molecule has 8 nitrogen and oxygen atoms in total. The summed E-state index contributed by atoms with van der Waals surface area (Å²) in [4.78, 5) is 44.4. The molecule has 1 aliphatic heterocycles. The molecule has 40 heavy (non-hydrogen) atoms. The zero-order valence-corrected chi connectivity index (χ0v) is 23.9. The minimum absolute atomic E-state index is 0.158. The van der Waals surface area contributed by atoms with Gasteiger partial charge in [-0.2, -0.15) is 0 Å². The molecule has 0 aliphatic carbocycles. The molecule has 2 aromatic heterocycles. The van der Waals surface area contributed by atoms with Crippen LogP contribution in [0.15, 0.2) is 85.0 Å². The molecule has 5 rings (SSSR count). The molecule has 0 saturated heterocycles. The lowest BCUT2D eigenvalue weighted by atomic mass is 9.96. The Morgan fingerprint density at radius 1 is 1.15 bits per heavy atom. The van der Waals surface area contributed by atoms with Crippen LogP contribution in [0.5, 0.6) is 0 Å². The summed E-state index contributed by atoms with van der Waals surface area (Å²) in [5.74, 6) is -0.606. The molecule has 0 radical (unpaired) electrons. The van der Waals surface area contributed by atoms with Crippen molar-refractivity contribution in [2.24, 2.45) is 4.99 Å². The number of esters is 1. The maximum Gasteiger partial charge on any atom is 0.338 e. The molecule has 3 heterocycles.